The number of hydrogen-bond donors (Lipinski definition) is 0. The van der Waals surface area contributed by atoms with Gasteiger partial charge in [0.15, 0.2) is 0 Å². The molecule has 3 saturated heterocycles. The summed E-state index contributed by atoms with van der Waals surface area (Å²) in [5, 5.41) is 0. The van der Waals surface area contributed by atoms with Crippen molar-refractivity contribution in [2.24, 2.45) is 0 Å². The van der Waals surface area contributed by atoms with Gasteiger partial charge in [-0.15, -0.1) is 0 Å². The van der Waals surface area contributed by atoms with E-state index < -0.39 is 0 Å². The number of hydrogen-bond acceptors (Lipinski definition) is 2. The lowest BCUT2D eigenvalue weighted by Crippen LogP contribution is -2.60. The number of piperidine rings is 1. The van der Waals surface area contributed by atoms with Gasteiger partial charge in [0, 0.05) is 18.6 Å². The first-order valence-corrected chi connectivity index (χ1v) is 8.41. The third kappa shape index (κ3) is 2.46. The number of unbranched alkanes of at least 4 members (excludes halogenated alkanes) is 2. The van der Waals surface area contributed by atoms with E-state index in [-0.39, 0.29) is 0 Å². The van der Waals surface area contributed by atoms with Crippen LogP contribution in [0.4, 0.5) is 0 Å². The summed E-state index contributed by atoms with van der Waals surface area (Å²) in [6, 6.07) is 1.85. The van der Waals surface area contributed by atoms with Crippen molar-refractivity contribution in [2.45, 2.75) is 89.4 Å². The highest BCUT2D eigenvalue weighted by atomic mass is 15.4. The second-order valence-corrected chi connectivity index (χ2v) is 6.63. The van der Waals surface area contributed by atoms with Gasteiger partial charge in [-0.25, -0.2) is 0 Å². The summed E-state index contributed by atoms with van der Waals surface area (Å²) in [5.41, 5.74) is 0. The molecule has 2 heteroatoms. The first-order valence-electron chi connectivity index (χ1n) is 8.41. The molecule has 3 fully saturated rings. The lowest BCUT2D eigenvalue weighted by Gasteiger charge is -2.51. The van der Waals surface area contributed by atoms with Crippen LogP contribution in [0.25, 0.3) is 0 Å². The maximum Gasteiger partial charge on any atom is 0.0627 e. The van der Waals surface area contributed by atoms with Gasteiger partial charge in [-0.05, 0) is 45.1 Å². The second kappa shape index (κ2) is 5.92. The fourth-order valence-electron chi connectivity index (χ4n) is 4.58. The maximum absolute atomic E-state index is 2.87. The summed E-state index contributed by atoms with van der Waals surface area (Å²) in [7, 11) is 0. The van der Waals surface area contributed by atoms with E-state index in [1.165, 1.54) is 77.3 Å². The maximum atomic E-state index is 2.87. The lowest BCUT2D eigenvalue weighted by atomic mass is 9.89. The molecule has 3 heterocycles. The van der Waals surface area contributed by atoms with E-state index in [0.717, 1.165) is 18.2 Å². The van der Waals surface area contributed by atoms with Crippen LogP contribution in [-0.4, -0.2) is 41.1 Å². The molecule has 3 atom stereocenters. The Bertz CT molecular complexity index is 266. The molecule has 0 radical (unpaired) electrons. The molecule has 0 saturated carbocycles. The Morgan fingerprint density at radius 3 is 2.72 bits per heavy atom. The van der Waals surface area contributed by atoms with Gasteiger partial charge in [-0.1, -0.05) is 32.6 Å². The zero-order valence-electron chi connectivity index (χ0n) is 12.1. The molecule has 3 aliphatic heterocycles. The fraction of sp³-hybridized carbons (Fsp3) is 1.00. The highest BCUT2D eigenvalue weighted by Gasteiger charge is 2.43. The minimum Gasteiger partial charge on any atom is -0.285 e. The molecule has 0 aromatic carbocycles. The predicted octanol–water partition coefficient (Wildman–Crippen LogP) is 3.62. The van der Waals surface area contributed by atoms with E-state index in [2.05, 4.69) is 16.7 Å². The smallest absolute Gasteiger partial charge is 0.0627 e. The first-order chi connectivity index (χ1) is 8.90. The quantitative estimate of drug-likeness (QED) is 0.703. The largest absolute Gasteiger partial charge is 0.285 e. The zero-order valence-corrected chi connectivity index (χ0v) is 12.1. The fourth-order valence-corrected chi connectivity index (χ4v) is 4.58. The van der Waals surface area contributed by atoms with E-state index in [1.54, 1.807) is 0 Å². The average Bonchev–Trinajstić information content (AvgIpc) is 2.89. The minimum absolute atomic E-state index is 0.829. The first kappa shape index (κ1) is 12.9. The molecule has 0 N–H and O–H groups in total. The van der Waals surface area contributed by atoms with Crippen molar-refractivity contribution in [3.8, 4) is 0 Å². The van der Waals surface area contributed by atoms with Crippen LogP contribution in [0.5, 0.6) is 0 Å². The van der Waals surface area contributed by atoms with Crippen LogP contribution >= 0.6 is 0 Å². The van der Waals surface area contributed by atoms with Crippen LogP contribution < -0.4 is 0 Å². The highest BCUT2D eigenvalue weighted by Crippen LogP contribution is 2.38. The molecule has 0 amide bonds. The Morgan fingerprint density at radius 2 is 1.83 bits per heavy atom. The van der Waals surface area contributed by atoms with Crippen LogP contribution in [0, 0.1) is 0 Å². The number of rotatable bonds is 4. The Labute approximate surface area is 113 Å². The third-order valence-corrected chi connectivity index (χ3v) is 5.47. The summed E-state index contributed by atoms with van der Waals surface area (Å²) >= 11 is 0. The SMILES string of the molecule is CCCCC[C@@H]1C[C@H]2CCCCN2C2CCCN21. The molecule has 0 bridgehead atoms. The van der Waals surface area contributed by atoms with Gasteiger partial charge in [0.05, 0.1) is 6.17 Å². The van der Waals surface area contributed by atoms with Crippen molar-refractivity contribution < 1.29 is 0 Å². The topological polar surface area (TPSA) is 6.48 Å². The van der Waals surface area contributed by atoms with Crippen molar-refractivity contribution in [1.29, 1.82) is 0 Å². The van der Waals surface area contributed by atoms with Crippen molar-refractivity contribution in [1.82, 2.24) is 9.80 Å². The van der Waals surface area contributed by atoms with E-state index >= 15 is 0 Å². The van der Waals surface area contributed by atoms with E-state index in [0.29, 0.717) is 0 Å². The van der Waals surface area contributed by atoms with Crippen LogP contribution in [-0.2, 0) is 0 Å². The molecule has 0 aliphatic carbocycles. The third-order valence-electron chi connectivity index (χ3n) is 5.47. The molecule has 1 unspecified atom stereocenters. The molecule has 3 rings (SSSR count). The Morgan fingerprint density at radius 1 is 0.944 bits per heavy atom. The Kier molecular flexibility index (Phi) is 4.25. The predicted molar refractivity (Wildman–Crippen MR) is 76.6 cm³/mol. The van der Waals surface area contributed by atoms with Gasteiger partial charge in [0.25, 0.3) is 0 Å². The molecule has 2 nitrogen and oxygen atoms in total. The molecule has 0 spiro atoms. The molecule has 104 valence electrons. The van der Waals surface area contributed by atoms with Crippen LogP contribution in [0.3, 0.4) is 0 Å². The summed E-state index contributed by atoms with van der Waals surface area (Å²) in [5.74, 6) is 0. The zero-order chi connectivity index (χ0) is 12.4. The monoisotopic (exact) mass is 250 g/mol. The minimum atomic E-state index is 0.829. The molecular formula is C16H30N2. The van der Waals surface area contributed by atoms with Crippen LogP contribution in [0.1, 0.15) is 71.1 Å². The van der Waals surface area contributed by atoms with Gasteiger partial charge in [-0.2, -0.15) is 0 Å². The van der Waals surface area contributed by atoms with Gasteiger partial charge in [0.2, 0.25) is 0 Å². The average molecular weight is 250 g/mol. The van der Waals surface area contributed by atoms with Gasteiger partial charge < -0.3 is 0 Å². The van der Waals surface area contributed by atoms with Gasteiger partial charge >= 0.3 is 0 Å². The standard InChI is InChI=1S/C16H30N2/c1-2-3-4-8-14-13-15-9-5-6-11-17(15)16-10-7-12-18(14)16/h14-16H,2-13H2,1H3/t14-,15-,16?/m1/s1. The van der Waals surface area contributed by atoms with Crippen molar-refractivity contribution >= 4 is 0 Å². The van der Waals surface area contributed by atoms with Gasteiger partial charge in [-0.3, -0.25) is 9.80 Å². The highest BCUT2D eigenvalue weighted by molar-refractivity contribution is 4.96. The van der Waals surface area contributed by atoms with Crippen molar-refractivity contribution in [3.63, 3.8) is 0 Å². The Hall–Kier alpha value is -0.0800. The number of nitrogens with zero attached hydrogens (tertiary/aromatic N) is 2. The normalized spacial score (nSPS) is 37.5. The van der Waals surface area contributed by atoms with E-state index in [1.807, 2.05) is 0 Å². The Balaban J connectivity index is 1.64. The van der Waals surface area contributed by atoms with E-state index in [9.17, 15) is 0 Å². The molecule has 0 aromatic rings. The van der Waals surface area contributed by atoms with Gasteiger partial charge in [0.1, 0.15) is 0 Å². The van der Waals surface area contributed by atoms with Crippen LogP contribution in [0.2, 0.25) is 0 Å². The van der Waals surface area contributed by atoms with Crippen molar-refractivity contribution in [3.05, 3.63) is 0 Å². The summed E-state index contributed by atoms with van der Waals surface area (Å²) < 4.78 is 0. The lowest BCUT2D eigenvalue weighted by molar-refractivity contribution is -0.0611. The molecule has 0 aromatic heterocycles. The second-order valence-electron chi connectivity index (χ2n) is 6.63. The summed E-state index contributed by atoms with van der Waals surface area (Å²) in [6.07, 6.45) is 15.3. The molecule has 18 heavy (non-hydrogen) atoms. The molecular weight excluding hydrogens is 220 g/mol. The van der Waals surface area contributed by atoms with Crippen molar-refractivity contribution in [2.75, 3.05) is 13.1 Å². The van der Waals surface area contributed by atoms with E-state index in [4.69, 9.17) is 0 Å². The number of fused-ring (bicyclic) bond motifs is 3. The summed E-state index contributed by atoms with van der Waals surface area (Å²) in [4.78, 5) is 5.74. The van der Waals surface area contributed by atoms with Crippen LogP contribution in [0.15, 0.2) is 0 Å². The molecule has 3 aliphatic rings. The summed E-state index contributed by atoms with van der Waals surface area (Å²) in [6.45, 7) is 5.08.